The Morgan fingerprint density at radius 2 is 2.00 bits per heavy atom. The zero-order valence-corrected chi connectivity index (χ0v) is 13.1. The van der Waals surface area contributed by atoms with Crippen molar-refractivity contribution in [2.24, 2.45) is 0 Å². The molecule has 0 bridgehead atoms. The first-order chi connectivity index (χ1) is 9.99. The molecule has 0 radical (unpaired) electrons. The molecule has 5 nitrogen and oxygen atoms in total. The van der Waals surface area contributed by atoms with E-state index in [-0.39, 0.29) is 12.5 Å². The smallest absolute Gasteiger partial charge is 0.228 e. The quantitative estimate of drug-likeness (QED) is 0.751. The molecule has 1 unspecified atom stereocenters. The standard InChI is InChI=1S/C16H26N2O3/c1-4-18(15-8-6-5-7-13(15)2)16(21)9-10-17(3)11-14(20)12-19/h5-8,14,19-20H,4,9-12H2,1-3H3. The second kappa shape index (κ2) is 8.77. The number of aliphatic hydroxyl groups excluding tert-OH is 2. The van der Waals surface area contributed by atoms with E-state index in [1.807, 2.05) is 50.1 Å². The fourth-order valence-corrected chi connectivity index (χ4v) is 2.28. The van der Waals surface area contributed by atoms with Crippen LogP contribution in [0.15, 0.2) is 24.3 Å². The molecule has 0 saturated carbocycles. The van der Waals surface area contributed by atoms with E-state index < -0.39 is 6.10 Å². The fraction of sp³-hybridized carbons (Fsp3) is 0.562. The highest BCUT2D eigenvalue weighted by atomic mass is 16.3. The third kappa shape index (κ3) is 5.46. The largest absolute Gasteiger partial charge is 0.394 e. The first kappa shape index (κ1) is 17.6. The molecule has 0 saturated heterocycles. The van der Waals surface area contributed by atoms with E-state index in [1.165, 1.54) is 0 Å². The van der Waals surface area contributed by atoms with E-state index in [0.29, 0.717) is 26.1 Å². The summed E-state index contributed by atoms with van der Waals surface area (Å²) in [7, 11) is 1.83. The van der Waals surface area contributed by atoms with Gasteiger partial charge in [-0.25, -0.2) is 0 Å². The summed E-state index contributed by atoms with van der Waals surface area (Å²) in [6.07, 6.45) is -0.375. The number of carbonyl (C=O) groups is 1. The van der Waals surface area contributed by atoms with Crippen molar-refractivity contribution in [1.82, 2.24) is 4.90 Å². The maximum Gasteiger partial charge on any atom is 0.228 e. The number of aryl methyl sites for hydroxylation is 1. The predicted molar refractivity (Wildman–Crippen MR) is 84.4 cm³/mol. The van der Waals surface area contributed by atoms with Crippen molar-refractivity contribution in [3.8, 4) is 0 Å². The lowest BCUT2D eigenvalue weighted by Crippen LogP contribution is -2.36. The van der Waals surface area contributed by atoms with Gasteiger partial charge in [0.1, 0.15) is 0 Å². The van der Waals surface area contributed by atoms with Gasteiger partial charge in [0.2, 0.25) is 5.91 Å². The molecule has 21 heavy (non-hydrogen) atoms. The molecule has 1 rings (SSSR count). The van der Waals surface area contributed by atoms with Crippen molar-refractivity contribution in [3.05, 3.63) is 29.8 Å². The third-order valence-electron chi connectivity index (χ3n) is 3.46. The summed E-state index contributed by atoms with van der Waals surface area (Å²) in [6.45, 7) is 5.24. The topological polar surface area (TPSA) is 64.0 Å². The minimum atomic E-state index is -0.760. The molecule has 0 fully saturated rings. The van der Waals surface area contributed by atoms with Gasteiger partial charge in [0.25, 0.3) is 0 Å². The van der Waals surface area contributed by atoms with Crippen molar-refractivity contribution in [1.29, 1.82) is 0 Å². The summed E-state index contributed by atoms with van der Waals surface area (Å²) in [4.78, 5) is 16.0. The van der Waals surface area contributed by atoms with Gasteiger partial charge in [0.15, 0.2) is 0 Å². The van der Waals surface area contributed by atoms with Gasteiger partial charge in [-0.05, 0) is 32.5 Å². The Hall–Kier alpha value is -1.43. The third-order valence-corrected chi connectivity index (χ3v) is 3.46. The summed E-state index contributed by atoms with van der Waals surface area (Å²) in [5, 5.41) is 18.2. The van der Waals surface area contributed by atoms with Crippen molar-refractivity contribution < 1.29 is 15.0 Å². The average Bonchev–Trinajstić information content (AvgIpc) is 2.47. The highest BCUT2D eigenvalue weighted by molar-refractivity contribution is 5.94. The number of nitrogens with zero attached hydrogens (tertiary/aromatic N) is 2. The molecule has 0 heterocycles. The van der Waals surface area contributed by atoms with Gasteiger partial charge in [0.05, 0.1) is 12.7 Å². The van der Waals surface area contributed by atoms with Crippen LogP contribution < -0.4 is 4.90 Å². The van der Waals surface area contributed by atoms with Crippen molar-refractivity contribution in [2.45, 2.75) is 26.4 Å². The maximum absolute atomic E-state index is 12.4. The lowest BCUT2D eigenvalue weighted by atomic mass is 10.1. The summed E-state index contributed by atoms with van der Waals surface area (Å²) in [5.41, 5.74) is 2.03. The van der Waals surface area contributed by atoms with E-state index in [2.05, 4.69) is 0 Å². The zero-order chi connectivity index (χ0) is 15.8. The van der Waals surface area contributed by atoms with E-state index in [0.717, 1.165) is 11.3 Å². The molecule has 0 aromatic heterocycles. The van der Waals surface area contributed by atoms with Crippen LogP contribution in [-0.4, -0.2) is 60.4 Å². The van der Waals surface area contributed by atoms with Crippen LogP contribution >= 0.6 is 0 Å². The number of para-hydroxylation sites is 1. The lowest BCUT2D eigenvalue weighted by molar-refractivity contribution is -0.118. The van der Waals surface area contributed by atoms with Gasteiger partial charge in [-0.1, -0.05) is 18.2 Å². The normalized spacial score (nSPS) is 12.5. The molecule has 1 amide bonds. The van der Waals surface area contributed by atoms with Crippen molar-refractivity contribution in [2.75, 3.05) is 38.2 Å². The van der Waals surface area contributed by atoms with Crippen LogP contribution in [-0.2, 0) is 4.79 Å². The number of aliphatic hydroxyl groups is 2. The number of anilines is 1. The Balaban J connectivity index is 2.59. The number of carbonyl (C=O) groups excluding carboxylic acids is 1. The van der Waals surface area contributed by atoms with Gasteiger partial charge in [0, 0.05) is 31.7 Å². The molecular weight excluding hydrogens is 268 g/mol. The molecule has 0 aliphatic carbocycles. The number of hydrogen-bond donors (Lipinski definition) is 2. The van der Waals surface area contributed by atoms with Crippen LogP contribution in [0.2, 0.25) is 0 Å². The number of benzene rings is 1. The first-order valence-electron chi connectivity index (χ1n) is 7.33. The van der Waals surface area contributed by atoms with Gasteiger partial charge < -0.3 is 20.0 Å². The monoisotopic (exact) mass is 294 g/mol. The Morgan fingerprint density at radius 1 is 1.33 bits per heavy atom. The zero-order valence-electron chi connectivity index (χ0n) is 13.1. The van der Waals surface area contributed by atoms with Crippen LogP contribution in [0.25, 0.3) is 0 Å². The fourth-order valence-electron chi connectivity index (χ4n) is 2.28. The van der Waals surface area contributed by atoms with E-state index >= 15 is 0 Å². The lowest BCUT2D eigenvalue weighted by Gasteiger charge is -2.25. The summed E-state index contributed by atoms with van der Waals surface area (Å²) >= 11 is 0. The summed E-state index contributed by atoms with van der Waals surface area (Å²) < 4.78 is 0. The van der Waals surface area contributed by atoms with Crippen LogP contribution in [0.4, 0.5) is 5.69 Å². The molecule has 2 N–H and O–H groups in total. The molecule has 1 aromatic rings. The highest BCUT2D eigenvalue weighted by Gasteiger charge is 2.16. The SMILES string of the molecule is CCN(C(=O)CCN(C)CC(O)CO)c1ccccc1C. The molecule has 0 aliphatic rings. The molecule has 5 heteroatoms. The highest BCUT2D eigenvalue weighted by Crippen LogP contribution is 2.19. The van der Waals surface area contributed by atoms with Crippen LogP contribution in [0, 0.1) is 6.92 Å². The Labute approximate surface area is 126 Å². The molecule has 0 aliphatic heterocycles. The second-order valence-electron chi connectivity index (χ2n) is 5.27. The van der Waals surface area contributed by atoms with Gasteiger partial charge in [-0.3, -0.25) is 4.79 Å². The van der Waals surface area contributed by atoms with Crippen molar-refractivity contribution >= 4 is 11.6 Å². The average molecular weight is 294 g/mol. The minimum Gasteiger partial charge on any atom is -0.394 e. The van der Waals surface area contributed by atoms with Crippen molar-refractivity contribution in [3.63, 3.8) is 0 Å². The first-order valence-corrected chi connectivity index (χ1v) is 7.33. The van der Waals surface area contributed by atoms with Crippen LogP contribution in [0.5, 0.6) is 0 Å². The summed E-state index contributed by atoms with van der Waals surface area (Å²) in [6, 6.07) is 7.84. The van der Waals surface area contributed by atoms with E-state index in [4.69, 9.17) is 5.11 Å². The Bertz CT molecular complexity index is 451. The Morgan fingerprint density at radius 3 is 2.57 bits per heavy atom. The van der Waals surface area contributed by atoms with Gasteiger partial charge in [-0.2, -0.15) is 0 Å². The molecular formula is C16H26N2O3. The predicted octanol–water partition coefficient (Wildman–Crippen LogP) is 1.02. The van der Waals surface area contributed by atoms with E-state index in [9.17, 15) is 9.90 Å². The van der Waals surface area contributed by atoms with Gasteiger partial charge >= 0.3 is 0 Å². The van der Waals surface area contributed by atoms with E-state index in [1.54, 1.807) is 4.90 Å². The molecule has 118 valence electrons. The van der Waals surface area contributed by atoms with Gasteiger partial charge in [-0.15, -0.1) is 0 Å². The van der Waals surface area contributed by atoms with Crippen LogP contribution in [0.3, 0.4) is 0 Å². The summed E-state index contributed by atoms with van der Waals surface area (Å²) in [5.74, 6) is 0.0668. The van der Waals surface area contributed by atoms with Crippen LogP contribution in [0.1, 0.15) is 18.9 Å². The number of likely N-dealkylation sites (N-methyl/N-ethyl adjacent to an activating group) is 1. The molecule has 1 atom stereocenters. The number of rotatable bonds is 8. The maximum atomic E-state index is 12.4. The number of amides is 1. The second-order valence-corrected chi connectivity index (χ2v) is 5.27. The minimum absolute atomic E-state index is 0.0668. The molecule has 0 spiro atoms. The molecule has 1 aromatic carbocycles. The Kier molecular flexibility index (Phi) is 7.36. The number of hydrogen-bond acceptors (Lipinski definition) is 4.